The molecule has 0 atom stereocenters. The molecule has 1 fully saturated rings. The molecular weight excluding hydrogens is 200 g/mol. The number of hydrogen-bond donors (Lipinski definition) is 0. The van der Waals surface area contributed by atoms with Crippen LogP contribution in [0.25, 0.3) is 0 Å². The Labute approximate surface area is 96.4 Å². The van der Waals surface area contributed by atoms with E-state index >= 15 is 0 Å². The van der Waals surface area contributed by atoms with Crippen molar-refractivity contribution in [2.45, 2.75) is 25.7 Å². The van der Waals surface area contributed by atoms with Crippen LogP contribution in [-0.4, -0.2) is 31.3 Å². The Balaban J connectivity index is 1.93. The quantitative estimate of drug-likeness (QED) is 0.718. The minimum atomic E-state index is 0.839. The van der Waals surface area contributed by atoms with Gasteiger partial charge in [0.25, 0.3) is 0 Å². The number of aromatic nitrogens is 1. The Kier molecular flexibility index (Phi) is 2.79. The summed E-state index contributed by atoms with van der Waals surface area (Å²) in [7, 11) is 0. The van der Waals surface area contributed by atoms with Crippen molar-refractivity contribution in [1.29, 1.82) is 0 Å². The molecule has 0 radical (unpaired) electrons. The van der Waals surface area contributed by atoms with Crippen LogP contribution in [0, 0.1) is 0 Å². The summed E-state index contributed by atoms with van der Waals surface area (Å²) in [5, 5.41) is 0. The molecule has 0 unspecified atom stereocenters. The smallest absolute Gasteiger partial charge is 0.132 e. The van der Waals surface area contributed by atoms with E-state index < -0.39 is 0 Å². The van der Waals surface area contributed by atoms with E-state index in [9.17, 15) is 0 Å². The average molecular weight is 218 g/mol. The largest absolute Gasteiger partial charge is 0.378 e. The molecule has 1 aromatic rings. The van der Waals surface area contributed by atoms with E-state index in [1.807, 2.05) is 6.20 Å². The fourth-order valence-corrected chi connectivity index (χ4v) is 2.69. The fraction of sp³-hybridized carbons (Fsp3) is 0.615. The van der Waals surface area contributed by atoms with E-state index in [0.717, 1.165) is 26.3 Å². The van der Waals surface area contributed by atoms with Gasteiger partial charge in [-0.05, 0) is 42.9 Å². The maximum Gasteiger partial charge on any atom is 0.132 e. The molecule has 3 heteroatoms. The van der Waals surface area contributed by atoms with E-state index in [4.69, 9.17) is 4.74 Å². The van der Waals surface area contributed by atoms with Gasteiger partial charge in [0.1, 0.15) is 5.82 Å². The summed E-state index contributed by atoms with van der Waals surface area (Å²) in [6, 6.07) is 2.19. The van der Waals surface area contributed by atoms with E-state index in [2.05, 4.69) is 16.0 Å². The molecule has 3 nitrogen and oxygen atoms in total. The molecular formula is C13H18N2O. The van der Waals surface area contributed by atoms with Gasteiger partial charge in [0, 0.05) is 19.3 Å². The third-order valence-electron chi connectivity index (χ3n) is 3.56. The van der Waals surface area contributed by atoms with Crippen LogP contribution < -0.4 is 4.90 Å². The van der Waals surface area contributed by atoms with Crippen molar-refractivity contribution >= 4 is 5.82 Å². The minimum Gasteiger partial charge on any atom is -0.378 e. The first-order valence-electron chi connectivity index (χ1n) is 6.24. The second-order valence-corrected chi connectivity index (χ2v) is 4.58. The molecule has 0 saturated carbocycles. The van der Waals surface area contributed by atoms with E-state index in [0.29, 0.717) is 0 Å². The number of pyridine rings is 1. The fourth-order valence-electron chi connectivity index (χ4n) is 2.69. The molecule has 0 spiro atoms. The lowest BCUT2D eigenvalue weighted by Crippen LogP contribution is -2.37. The highest BCUT2D eigenvalue weighted by atomic mass is 16.5. The highest BCUT2D eigenvalue weighted by Gasteiger charge is 2.19. The Morgan fingerprint density at radius 2 is 1.94 bits per heavy atom. The van der Waals surface area contributed by atoms with Crippen molar-refractivity contribution < 1.29 is 4.74 Å². The Hall–Kier alpha value is -1.09. The number of aryl methyl sites for hydroxylation is 1. The Bertz CT molecular complexity index is 372. The van der Waals surface area contributed by atoms with Gasteiger partial charge in [0.2, 0.25) is 0 Å². The van der Waals surface area contributed by atoms with Crippen LogP contribution in [0.1, 0.15) is 24.0 Å². The second kappa shape index (κ2) is 4.42. The number of fused-ring (bicyclic) bond motifs is 1. The maximum absolute atomic E-state index is 5.40. The van der Waals surface area contributed by atoms with Gasteiger partial charge in [-0.3, -0.25) is 0 Å². The zero-order chi connectivity index (χ0) is 10.8. The average Bonchev–Trinajstić information content (AvgIpc) is 2.39. The van der Waals surface area contributed by atoms with Crippen LogP contribution in [0.15, 0.2) is 12.3 Å². The monoisotopic (exact) mass is 218 g/mol. The summed E-state index contributed by atoms with van der Waals surface area (Å²) in [5.41, 5.74) is 3.01. The summed E-state index contributed by atoms with van der Waals surface area (Å²) in [6.07, 6.45) is 7.05. The molecule has 1 aromatic heterocycles. The molecule has 0 bridgehead atoms. The zero-order valence-electron chi connectivity index (χ0n) is 9.61. The summed E-state index contributed by atoms with van der Waals surface area (Å²) in [4.78, 5) is 6.97. The van der Waals surface area contributed by atoms with Gasteiger partial charge >= 0.3 is 0 Å². The topological polar surface area (TPSA) is 25.4 Å². The minimum absolute atomic E-state index is 0.839. The number of hydrogen-bond acceptors (Lipinski definition) is 3. The summed E-state index contributed by atoms with van der Waals surface area (Å²) in [6.45, 7) is 3.66. The van der Waals surface area contributed by atoms with E-state index in [1.165, 1.54) is 42.6 Å². The number of anilines is 1. The lowest BCUT2D eigenvalue weighted by Gasteiger charge is -2.31. The SMILES string of the molecule is c1cc2c(c(N3CCOCC3)n1)CCCC2. The summed E-state index contributed by atoms with van der Waals surface area (Å²) >= 11 is 0. The highest BCUT2D eigenvalue weighted by Crippen LogP contribution is 2.28. The summed E-state index contributed by atoms with van der Waals surface area (Å²) < 4.78 is 5.40. The second-order valence-electron chi connectivity index (χ2n) is 4.58. The van der Waals surface area contributed by atoms with Gasteiger partial charge in [-0.15, -0.1) is 0 Å². The molecule has 0 amide bonds. The molecule has 0 aromatic carbocycles. The third-order valence-corrected chi connectivity index (χ3v) is 3.56. The number of ether oxygens (including phenoxy) is 1. The molecule has 86 valence electrons. The Morgan fingerprint density at radius 1 is 1.12 bits per heavy atom. The van der Waals surface area contributed by atoms with Crippen molar-refractivity contribution in [3.8, 4) is 0 Å². The van der Waals surface area contributed by atoms with Crippen molar-refractivity contribution in [2.24, 2.45) is 0 Å². The number of morpholine rings is 1. The van der Waals surface area contributed by atoms with Gasteiger partial charge in [-0.1, -0.05) is 0 Å². The van der Waals surface area contributed by atoms with Crippen LogP contribution in [-0.2, 0) is 17.6 Å². The molecule has 1 aliphatic heterocycles. The van der Waals surface area contributed by atoms with Crippen molar-refractivity contribution in [1.82, 2.24) is 4.98 Å². The lowest BCUT2D eigenvalue weighted by molar-refractivity contribution is 0.122. The normalized spacial score (nSPS) is 20.6. The number of rotatable bonds is 1. The molecule has 1 saturated heterocycles. The van der Waals surface area contributed by atoms with Crippen LogP contribution in [0.3, 0.4) is 0 Å². The van der Waals surface area contributed by atoms with Crippen LogP contribution in [0.5, 0.6) is 0 Å². The summed E-state index contributed by atoms with van der Waals surface area (Å²) in [5.74, 6) is 1.22. The number of nitrogens with zero attached hydrogens (tertiary/aromatic N) is 2. The first kappa shape index (κ1) is 10.1. The van der Waals surface area contributed by atoms with E-state index in [-0.39, 0.29) is 0 Å². The molecule has 2 heterocycles. The van der Waals surface area contributed by atoms with Gasteiger partial charge in [0.05, 0.1) is 13.2 Å². The maximum atomic E-state index is 5.40. The first-order valence-corrected chi connectivity index (χ1v) is 6.24. The van der Waals surface area contributed by atoms with Gasteiger partial charge < -0.3 is 9.64 Å². The Morgan fingerprint density at radius 3 is 2.81 bits per heavy atom. The van der Waals surface area contributed by atoms with Gasteiger partial charge in [-0.25, -0.2) is 4.98 Å². The highest BCUT2D eigenvalue weighted by molar-refractivity contribution is 5.51. The molecule has 3 rings (SSSR count). The molecule has 1 aliphatic carbocycles. The van der Waals surface area contributed by atoms with Gasteiger partial charge in [0.15, 0.2) is 0 Å². The van der Waals surface area contributed by atoms with E-state index in [1.54, 1.807) is 0 Å². The first-order chi connectivity index (χ1) is 7.95. The van der Waals surface area contributed by atoms with Crippen molar-refractivity contribution in [3.63, 3.8) is 0 Å². The zero-order valence-corrected chi connectivity index (χ0v) is 9.61. The van der Waals surface area contributed by atoms with Crippen LogP contribution in [0.2, 0.25) is 0 Å². The predicted molar refractivity (Wildman–Crippen MR) is 63.9 cm³/mol. The van der Waals surface area contributed by atoms with Crippen molar-refractivity contribution in [2.75, 3.05) is 31.2 Å². The molecule has 2 aliphatic rings. The standard InChI is InChI=1S/C13H18N2O/c1-2-4-12-11(3-1)5-6-14-13(12)15-7-9-16-10-8-15/h5-6H,1-4,7-10H2. The molecule has 16 heavy (non-hydrogen) atoms. The molecule has 0 N–H and O–H groups in total. The van der Waals surface area contributed by atoms with Crippen LogP contribution >= 0.6 is 0 Å². The van der Waals surface area contributed by atoms with Crippen molar-refractivity contribution in [3.05, 3.63) is 23.4 Å². The third kappa shape index (κ3) is 1.80. The van der Waals surface area contributed by atoms with Crippen LogP contribution in [0.4, 0.5) is 5.82 Å². The predicted octanol–water partition coefficient (Wildman–Crippen LogP) is 1.80. The lowest BCUT2D eigenvalue weighted by atomic mass is 9.92. The van der Waals surface area contributed by atoms with Gasteiger partial charge in [-0.2, -0.15) is 0 Å².